The minimum Gasteiger partial charge on any atom is -0.355 e. The number of benzene rings is 3. The molecule has 5 nitrogen and oxygen atoms in total. The molecule has 33 heavy (non-hydrogen) atoms. The Morgan fingerprint density at radius 2 is 1.30 bits per heavy atom. The average Bonchev–Trinajstić information content (AvgIpc) is 2.86. The lowest BCUT2D eigenvalue weighted by atomic mass is 9.90. The van der Waals surface area contributed by atoms with Gasteiger partial charge < -0.3 is 5.32 Å². The quantitative estimate of drug-likeness (QED) is 0.546. The van der Waals surface area contributed by atoms with Gasteiger partial charge in [0, 0.05) is 31.5 Å². The second-order valence-corrected chi connectivity index (χ2v) is 10.5. The van der Waals surface area contributed by atoms with Gasteiger partial charge in [-0.1, -0.05) is 91.0 Å². The summed E-state index contributed by atoms with van der Waals surface area (Å²) in [5.74, 6) is -0.0874. The zero-order valence-electron chi connectivity index (χ0n) is 18.6. The van der Waals surface area contributed by atoms with Gasteiger partial charge in [-0.25, -0.2) is 12.7 Å². The molecule has 0 spiro atoms. The number of nitrogens with zero attached hydrogens (tertiary/aromatic N) is 1. The molecule has 6 heteroatoms. The lowest BCUT2D eigenvalue weighted by Crippen LogP contribution is -2.44. The summed E-state index contributed by atoms with van der Waals surface area (Å²) in [5.41, 5.74) is 3.10. The summed E-state index contributed by atoms with van der Waals surface area (Å²) in [5, 5.41) is 3.14. The van der Waals surface area contributed by atoms with Gasteiger partial charge in [0.25, 0.3) is 0 Å². The molecule has 0 unspecified atom stereocenters. The summed E-state index contributed by atoms with van der Waals surface area (Å²) in [6.45, 7) is 1.28. The third-order valence-electron chi connectivity index (χ3n) is 6.29. The largest absolute Gasteiger partial charge is 0.355 e. The number of carbonyl (C=O) groups excluding carboxylic acids is 1. The average molecular weight is 463 g/mol. The van der Waals surface area contributed by atoms with Gasteiger partial charge in [0.05, 0.1) is 5.75 Å². The van der Waals surface area contributed by atoms with Crippen LogP contribution in [0.25, 0.3) is 0 Å². The van der Waals surface area contributed by atoms with Crippen LogP contribution in [0, 0.1) is 5.92 Å². The van der Waals surface area contributed by atoms with E-state index in [-0.39, 0.29) is 23.5 Å². The van der Waals surface area contributed by atoms with Crippen LogP contribution in [-0.2, 0) is 20.6 Å². The Morgan fingerprint density at radius 3 is 1.82 bits per heavy atom. The first-order chi connectivity index (χ1) is 16.0. The Morgan fingerprint density at radius 1 is 0.818 bits per heavy atom. The van der Waals surface area contributed by atoms with Gasteiger partial charge in [-0.15, -0.1) is 0 Å². The number of amides is 1. The number of rotatable bonds is 8. The maximum atomic E-state index is 12.9. The molecule has 0 saturated carbocycles. The topological polar surface area (TPSA) is 66.5 Å². The van der Waals surface area contributed by atoms with Crippen LogP contribution in [0.3, 0.4) is 0 Å². The Bertz CT molecular complexity index is 1090. The smallest absolute Gasteiger partial charge is 0.223 e. The molecule has 0 atom stereocenters. The highest BCUT2D eigenvalue weighted by atomic mass is 32.2. The zero-order chi connectivity index (χ0) is 23.1. The number of nitrogens with one attached hydrogen (secondary N) is 1. The van der Waals surface area contributed by atoms with Crippen molar-refractivity contribution in [3.8, 4) is 0 Å². The molecule has 1 amide bonds. The van der Waals surface area contributed by atoms with Crippen LogP contribution in [-0.4, -0.2) is 38.3 Å². The normalized spacial score (nSPS) is 15.4. The summed E-state index contributed by atoms with van der Waals surface area (Å²) in [6, 6.07) is 29.6. The van der Waals surface area contributed by atoms with E-state index in [1.54, 1.807) is 0 Å². The molecule has 3 aromatic rings. The molecule has 0 aliphatic carbocycles. The molecule has 1 saturated heterocycles. The van der Waals surface area contributed by atoms with Crippen molar-refractivity contribution in [1.82, 2.24) is 9.62 Å². The van der Waals surface area contributed by atoms with Crippen molar-refractivity contribution in [3.63, 3.8) is 0 Å². The number of carbonyl (C=O) groups is 1. The SMILES string of the molecule is O=C(NCC(c1ccccc1)c1ccccc1)C1CCN(S(=O)(=O)Cc2ccccc2)CC1. The molecule has 1 fully saturated rings. The Balaban J connectivity index is 1.34. The van der Waals surface area contributed by atoms with E-state index in [4.69, 9.17) is 0 Å². The van der Waals surface area contributed by atoms with Crippen LogP contribution in [0.2, 0.25) is 0 Å². The summed E-state index contributed by atoms with van der Waals surface area (Å²) in [7, 11) is -3.38. The third kappa shape index (κ3) is 6.09. The summed E-state index contributed by atoms with van der Waals surface area (Å²) in [6.07, 6.45) is 1.09. The second-order valence-electron chi connectivity index (χ2n) is 8.53. The van der Waals surface area contributed by atoms with Crippen molar-refractivity contribution < 1.29 is 13.2 Å². The van der Waals surface area contributed by atoms with Crippen LogP contribution >= 0.6 is 0 Å². The van der Waals surface area contributed by atoms with E-state index in [1.165, 1.54) is 4.31 Å². The Kier molecular flexibility index (Phi) is 7.57. The molecule has 3 aromatic carbocycles. The fourth-order valence-electron chi connectivity index (χ4n) is 4.42. The van der Waals surface area contributed by atoms with Crippen LogP contribution in [0.15, 0.2) is 91.0 Å². The van der Waals surface area contributed by atoms with Gasteiger partial charge in [0.1, 0.15) is 0 Å². The molecule has 1 N–H and O–H groups in total. The lowest BCUT2D eigenvalue weighted by molar-refractivity contribution is -0.126. The number of hydrogen-bond donors (Lipinski definition) is 1. The fourth-order valence-corrected chi connectivity index (χ4v) is 5.98. The predicted octanol–water partition coefficient (Wildman–Crippen LogP) is 4.18. The monoisotopic (exact) mass is 462 g/mol. The summed E-state index contributed by atoms with van der Waals surface area (Å²) >= 11 is 0. The summed E-state index contributed by atoms with van der Waals surface area (Å²) in [4.78, 5) is 12.9. The number of sulfonamides is 1. The van der Waals surface area contributed by atoms with Gasteiger partial charge in [0.2, 0.25) is 15.9 Å². The van der Waals surface area contributed by atoms with Crippen molar-refractivity contribution in [3.05, 3.63) is 108 Å². The second kappa shape index (κ2) is 10.8. The molecular weight excluding hydrogens is 432 g/mol. The minimum absolute atomic E-state index is 0.000530. The van der Waals surface area contributed by atoms with E-state index >= 15 is 0 Å². The van der Waals surface area contributed by atoms with Gasteiger partial charge in [-0.3, -0.25) is 4.79 Å². The highest BCUT2D eigenvalue weighted by Crippen LogP contribution is 2.25. The molecule has 4 rings (SSSR count). The fraction of sp³-hybridized carbons (Fsp3) is 0.296. The van der Waals surface area contributed by atoms with E-state index < -0.39 is 10.0 Å². The predicted molar refractivity (Wildman–Crippen MR) is 131 cm³/mol. The molecule has 0 aromatic heterocycles. The van der Waals surface area contributed by atoms with Gasteiger partial charge >= 0.3 is 0 Å². The van der Waals surface area contributed by atoms with E-state index in [0.29, 0.717) is 32.5 Å². The standard InChI is InChI=1S/C27H30N2O3S/c30-27(28-20-26(23-12-6-2-7-13-23)24-14-8-3-9-15-24)25-16-18-29(19-17-25)33(31,32)21-22-10-4-1-5-11-22/h1-15,25-26H,16-21H2,(H,28,30). The maximum absolute atomic E-state index is 12.9. The first-order valence-electron chi connectivity index (χ1n) is 11.4. The molecule has 172 valence electrons. The Hall–Kier alpha value is -2.96. The van der Waals surface area contributed by atoms with Crippen molar-refractivity contribution in [1.29, 1.82) is 0 Å². The van der Waals surface area contributed by atoms with Gasteiger partial charge in [-0.05, 0) is 29.5 Å². The maximum Gasteiger partial charge on any atom is 0.223 e. The molecule has 0 bridgehead atoms. The number of piperidine rings is 1. The molecular formula is C27H30N2O3S. The van der Waals surface area contributed by atoms with Crippen LogP contribution < -0.4 is 5.32 Å². The van der Waals surface area contributed by atoms with Crippen molar-refractivity contribution in [2.45, 2.75) is 24.5 Å². The van der Waals surface area contributed by atoms with Crippen LogP contribution in [0.1, 0.15) is 35.4 Å². The first kappa shape index (κ1) is 23.2. The molecule has 1 aliphatic heterocycles. The van der Waals surface area contributed by atoms with E-state index in [2.05, 4.69) is 29.6 Å². The van der Waals surface area contributed by atoms with E-state index in [9.17, 15) is 13.2 Å². The third-order valence-corrected chi connectivity index (χ3v) is 8.14. The van der Waals surface area contributed by atoms with Crippen molar-refractivity contribution >= 4 is 15.9 Å². The van der Waals surface area contributed by atoms with E-state index in [1.807, 2.05) is 66.7 Å². The molecule has 1 aliphatic rings. The van der Waals surface area contributed by atoms with E-state index in [0.717, 1.165) is 16.7 Å². The van der Waals surface area contributed by atoms with Crippen molar-refractivity contribution in [2.24, 2.45) is 5.92 Å². The highest BCUT2D eigenvalue weighted by Gasteiger charge is 2.31. The number of hydrogen-bond acceptors (Lipinski definition) is 3. The van der Waals surface area contributed by atoms with Crippen LogP contribution in [0.4, 0.5) is 0 Å². The Labute approximate surface area is 196 Å². The first-order valence-corrected chi connectivity index (χ1v) is 13.0. The van der Waals surface area contributed by atoms with Crippen LogP contribution in [0.5, 0.6) is 0 Å². The van der Waals surface area contributed by atoms with Gasteiger partial charge in [0.15, 0.2) is 0 Å². The zero-order valence-corrected chi connectivity index (χ0v) is 19.5. The lowest BCUT2D eigenvalue weighted by Gasteiger charge is -2.31. The molecule has 1 heterocycles. The summed E-state index contributed by atoms with van der Waals surface area (Å²) < 4.78 is 27.1. The highest BCUT2D eigenvalue weighted by molar-refractivity contribution is 7.88. The van der Waals surface area contributed by atoms with Gasteiger partial charge in [-0.2, -0.15) is 0 Å². The molecule has 0 radical (unpaired) electrons. The minimum atomic E-state index is -3.38. The van der Waals surface area contributed by atoms with Crippen molar-refractivity contribution in [2.75, 3.05) is 19.6 Å².